The summed E-state index contributed by atoms with van der Waals surface area (Å²) in [5.41, 5.74) is 0.349. The van der Waals surface area contributed by atoms with Gasteiger partial charge in [-0.3, -0.25) is 9.59 Å². The molecule has 0 unspecified atom stereocenters. The number of amides is 1. The Bertz CT molecular complexity index is 612. The molecule has 2 N–H and O–H groups in total. The molecule has 0 saturated carbocycles. The zero-order chi connectivity index (χ0) is 15.3. The summed E-state index contributed by atoms with van der Waals surface area (Å²) in [6.07, 6.45) is 0.274. The summed E-state index contributed by atoms with van der Waals surface area (Å²) < 4.78 is 25.0. The highest BCUT2D eigenvalue weighted by atomic mass is 32.2. The minimum absolute atomic E-state index is 0.0739. The van der Waals surface area contributed by atoms with Crippen LogP contribution < -0.4 is 5.32 Å². The van der Waals surface area contributed by atoms with Crippen LogP contribution in [0.25, 0.3) is 0 Å². The van der Waals surface area contributed by atoms with Gasteiger partial charge in [-0.2, -0.15) is 4.31 Å². The van der Waals surface area contributed by atoms with E-state index in [9.17, 15) is 18.0 Å². The quantitative estimate of drug-likeness (QED) is 0.806. The summed E-state index contributed by atoms with van der Waals surface area (Å²) in [7, 11) is -2.72. The third-order valence-corrected chi connectivity index (χ3v) is 4.30. The monoisotopic (exact) mass is 300 g/mol. The van der Waals surface area contributed by atoms with Crippen LogP contribution in [0.15, 0.2) is 29.2 Å². The Balaban J connectivity index is 3.04. The number of aliphatic carboxylic acids is 1. The van der Waals surface area contributed by atoms with Crippen molar-refractivity contribution in [1.82, 2.24) is 4.31 Å². The molecular formula is C12H16N2O5S. The summed E-state index contributed by atoms with van der Waals surface area (Å²) in [4.78, 5) is 21.8. The fraction of sp³-hybridized carbons (Fsp3) is 0.333. The second-order valence-corrected chi connectivity index (χ2v) is 6.13. The number of likely N-dealkylation sites (N-methyl/N-ethyl adjacent to an activating group) is 1. The SMILES string of the molecule is CCC(=O)Nc1cccc(S(=O)(=O)N(C)CC(=O)O)c1. The minimum atomic E-state index is -3.90. The molecule has 8 heteroatoms. The molecule has 1 amide bonds. The largest absolute Gasteiger partial charge is 0.480 e. The number of carboxylic acid groups (broad SMARTS) is 1. The number of carboxylic acids is 1. The van der Waals surface area contributed by atoms with E-state index in [0.29, 0.717) is 5.69 Å². The molecule has 0 fully saturated rings. The van der Waals surface area contributed by atoms with E-state index < -0.39 is 22.5 Å². The maximum atomic E-state index is 12.1. The van der Waals surface area contributed by atoms with Crippen molar-refractivity contribution in [1.29, 1.82) is 0 Å². The number of anilines is 1. The van der Waals surface area contributed by atoms with Gasteiger partial charge >= 0.3 is 5.97 Å². The third-order valence-electron chi connectivity index (χ3n) is 2.51. The van der Waals surface area contributed by atoms with Gasteiger partial charge in [0, 0.05) is 19.2 Å². The number of nitrogens with one attached hydrogen (secondary N) is 1. The smallest absolute Gasteiger partial charge is 0.318 e. The number of carbonyl (C=O) groups excluding carboxylic acids is 1. The van der Waals surface area contributed by atoms with Gasteiger partial charge in [-0.25, -0.2) is 8.42 Å². The van der Waals surface area contributed by atoms with Gasteiger partial charge in [0.05, 0.1) is 4.90 Å². The predicted molar refractivity (Wildman–Crippen MR) is 72.8 cm³/mol. The lowest BCUT2D eigenvalue weighted by Gasteiger charge is -2.15. The molecule has 7 nitrogen and oxygen atoms in total. The van der Waals surface area contributed by atoms with Crippen LogP contribution in [0.5, 0.6) is 0 Å². The predicted octanol–water partition coefficient (Wildman–Crippen LogP) is 0.740. The van der Waals surface area contributed by atoms with Crippen molar-refractivity contribution < 1.29 is 23.1 Å². The maximum absolute atomic E-state index is 12.1. The van der Waals surface area contributed by atoms with Crippen LogP contribution in [0.2, 0.25) is 0 Å². The Kier molecular flexibility index (Phi) is 5.23. The molecule has 0 aliphatic heterocycles. The number of hydrogen-bond acceptors (Lipinski definition) is 4. The average molecular weight is 300 g/mol. The molecule has 0 aliphatic rings. The zero-order valence-electron chi connectivity index (χ0n) is 11.2. The fourth-order valence-corrected chi connectivity index (χ4v) is 2.61. The second kappa shape index (κ2) is 6.49. The molecule has 1 aromatic rings. The van der Waals surface area contributed by atoms with Gasteiger partial charge in [0.15, 0.2) is 0 Å². The van der Waals surface area contributed by atoms with Crippen molar-refractivity contribution in [2.45, 2.75) is 18.2 Å². The molecule has 0 saturated heterocycles. The highest BCUT2D eigenvalue weighted by molar-refractivity contribution is 7.89. The molecule has 1 aromatic carbocycles. The summed E-state index contributed by atoms with van der Waals surface area (Å²) in [6, 6.07) is 5.67. The first-order valence-electron chi connectivity index (χ1n) is 5.85. The Labute approximate surface area is 117 Å². The van der Waals surface area contributed by atoms with Gasteiger partial charge in [0.2, 0.25) is 15.9 Å². The molecule has 0 aromatic heterocycles. The van der Waals surface area contributed by atoms with Gasteiger partial charge < -0.3 is 10.4 Å². The average Bonchev–Trinajstić information content (AvgIpc) is 2.38. The van der Waals surface area contributed by atoms with Crippen LogP contribution >= 0.6 is 0 Å². The molecule has 0 atom stereocenters. The third kappa shape index (κ3) is 4.04. The first kappa shape index (κ1) is 16.1. The standard InChI is InChI=1S/C12H16N2O5S/c1-3-11(15)13-9-5-4-6-10(7-9)20(18,19)14(2)8-12(16)17/h4-7H,3,8H2,1-2H3,(H,13,15)(H,16,17). The van der Waals surface area contributed by atoms with Crippen LogP contribution in [-0.2, 0) is 19.6 Å². The van der Waals surface area contributed by atoms with Crippen molar-refractivity contribution in [3.8, 4) is 0 Å². The molecule has 0 spiro atoms. The highest BCUT2D eigenvalue weighted by Crippen LogP contribution is 2.18. The topological polar surface area (TPSA) is 104 Å². The van der Waals surface area contributed by atoms with Gasteiger partial charge in [-0.1, -0.05) is 13.0 Å². The zero-order valence-corrected chi connectivity index (χ0v) is 12.0. The Morgan fingerprint density at radius 2 is 2.00 bits per heavy atom. The van der Waals surface area contributed by atoms with E-state index in [2.05, 4.69) is 5.32 Å². The normalized spacial score (nSPS) is 11.3. The lowest BCUT2D eigenvalue weighted by atomic mass is 10.3. The Morgan fingerprint density at radius 3 is 2.55 bits per heavy atom. The summed E-state index contributed by atoms with van der Waals surface area (Å²) >= 11 is 0. The molecule has 20 heavy (non-hydrogen) atoms. The molecule has 0 bridgehead atoms. The van der Waals surface area contributed by atoms with Crippen molar-refractivity contribution >= 4 is 27.6 Å². The maximum Gasteiger partial charge on any atom is 0.318 e. The minimum Gasteiger partial charge on any atom is -0.480 e. The highest BCUT2D eigenvalue weighted by Gasteiger charge is 2.23. The van der Waals surface area contributed by atoms with Crippen LogP contribution in [-0.4, -0.2) is 43.3 Å². The first-order valence-corrected chi connectivity index (χ1v) is 7.29. The van der Waals surface area contributed by atoms with Crippen LogP contribution in [0, 0.1) is 0 Å². The molecular weight excluding hydrogens is 284 g/mol. The number of sulfonamides is 1. The number of nitrogens with zero attached hydrogens (tertiary/aromatic N) is 1. The molecule has 1 rings (SSSR count). The molecule has 110 valence electrons. The van der Waals surface area contributed by atoms with Crippen molar-refractivity contribution in [3.05, 3.63) is 24.3 Å². The molecule has 0 radical (unpaired) electrons. The number of hydrogen-bond donors (Lipinski definition) is 2. The van der Waals surface area contributed by atoms with E-state index in [1.54, 1.807) is 13.0 Å². The van der Waals surface area contributed by atoms with Crippen molar-refractivity contribution in [2.75, 3.05) is 18.9 Å². The van der Waals surface area contributed by atoms with Gasteiger partial charge in [-0.05, 0) is 18.2 Å². The van der Waals surface area contributed by atoms with Crippen LogP contribution in [0.4, 0.5) is 5.69 Å². The Hall–Kier alpha value is -1.93. The van der Waals surface area contributed by atoms with E-state index in [1.807, 2.05) is 0 Å². The van der Waals surface area contributed by atoms with Gasteiger partial charge in [-0.15, -0.1) is 0 Å². The fourth-order valence-electron chi connectivity index (χ4n) is 1.44. The van der Waals surface area contributed by atoms with Crippen molar-refractivity contribution in [3.63, 3.8) is 0 Å². The first-order chi connectivity index (χ1) is 9.27. The van der Waals surface area contributed by atoms with Crippen LogP contribution in [0.3, 0.4) is 0 Å². The summed E-state index contributed by atoms with van der Waals surface area (Å²) in [5.74, 6) is -1.48. The van der Waals surface area contributed by atoms with E-state index in [4.69, 9.17) is 5.11 Å². The summed E-state index contributed by atoms with van der Waals surface area (Å²) in [5, 5.41) is 11.2. The van der Waals surface area contributed by atoms with Gasteiger partial charge in [0.1, 0.15) is 6.54 Å². The van der Waals surface area contributed by atoms with Gasteiger partial charge in [0.25, 0.3) is 0 Å². The number of rotatable bonds is 6. The Morgan fingerprint density at radius 1 is 1.35 bits per heavy atom. The lowest BCUT2D eigenvalue weighted by molar-refractivity contribution is -0.137. The van der Waals surface area contributed by atoms with E-state index in [-0.39, 0.29) is 17.2 Å². The molecule has 0 heterocycles. The van der Waals surface area contributed by atoms with E-state index in [1.165, 1.54) is 25.2 Å². The number of carbonyl (C=O) groups is 2. The van der Waals surface area contributed by atoms with Crippen LogP contribution in [0.1, 0.15) is 13.3 Å². The van der Waals surface area contributed by atoms with E-state index in [0.717, 1.165) is 4.31 Å². The second-order valence-electron chi connectivity index (χ2n) is 4.08. The summed E-state index contributed by atoms with van der Waals surface area (Å²) in [6.45, 7) is 1.05. The molecule has 0 aliphatic carbocycles. The lowest BCUT2D eigenvalue weighted by Crippen LogP contribution is -2.32. The number of benzene rings is 1. The van der Waals surface area contributed by atoms with E-state index >= 15 is 0 Å². The van der Waals surface area contributed by atoms with Crippen molar-refractivity contribution in [2.24, 2.45) is 0 Å².